The molecule has 1 aromatic heterocycles. The van der Waals surface area contributed by atoms with Crippen LogP contribution in [0.4, 0.5) is 0 Å². The number of carbonyl (C=O) groups is 2. The SMILES string of the molecule is O=C1[C@@H]2[C@@H](C(=O)N1Cc1ccco1)[C@@H]1c3ccccc3[C@@H]2[C@@H]2C=CC=C[C@@H]21. The molecule has 0 radical (unpaired) electrons. The van der Waals surface area contributed by atoms with Gasteiger partial charge in [-0.2, -0.15) is 0 Å². The normalized spacial score (nSPS) is 35.3. The minimum absolute atomic E-state index is 0.0349. The van der Waals surface area contributed by atoms with E-state index in [4.69, 9.17) is 4.42 Å². The molecule has 0 unspecified atom stereocenters. The van der Waals surface area contributed by atoms with Crippen molar-refractivity contribution in [1.82, 2.24) is 4.90 Å². The highest BCUT2D eigenvalue weighted by atomic mass is 16.3. The van der Waals surface area contributed by atoms with Crippen LogP contribution in [0.25, 0.3) is 0 Å². The van der Waals surface area contributed by atoms with Crippen LogP contribution in [0.15, 0.2) is 71.4 Å². The van der Waals surface area contributed by atoms with Crippen LogP contribution in [0.5, 0.6) is 0 Å². The summed E-state index contributed by atoms with van der Waals surface area (Å²) in [7, 11) is 0. The highest BCUT2D eigenvalue weighted by Crippen LogP contribution is 2.64. The molecule has 2 heterocycles. The van der Waals surface area contributed by atoms with Gasteiger partial charge in [0.1, 0.15) is 5.76 Å². The Morgan fingerprint density at radius 3 is 1.89 bits per heavy atom. The molecule has 7 rings (SSSR count). The third kappa shape index (κ3) is 1.88. The van der Waals surface area contributed by atoms with Crippen molar-refractivity contribution < 1.29 is 14.0 Å². The van der Waals surface area contributed by atoms with E-state index in [2.05, 4.69) is 36.4 Å². The molecule has 5 aliphatic rings. The number of hydrogen-bond donors (Lipinski definition) is 0. The van der Waals surface area contributed by atoms with E-state index in [0.717, 1.165) is 0 Å². The largest absolute Gasteiger partial charge is 0.467 e. The quantitative estimate of drug-likeness (QED) is 0.771. The number of carbonyl (C=O) groups excluding carboxylic acids is 2. The Morgan fingerprint density at radius 1 is 0.778 bits per heavy atom. The maximum absolute atomic E-state index is 13.4. The lowest BCUT2D eigenvalue weighted by atomic mass is 9.48. The Morgan fingerprint density at radius 2 is 1.37 bits per heavy atom. The number of furan rings is 1. The van der Waals surface area contributed by atoms with Gasteiger partial charge < -0.3 is 4.42 Å². The average Bonchev–Trinajstić information content (AvgIpc) is 3.31. The number of benzene rings is 1. The van der Waals surface area contributed by atoms with Gasteiger partial charge >= 0.3 is 0 Å². The van der Waals surface area contributed by atoms with E-state index in [1.807, 2.05) is 18.2 Å². The number of likely N-dealkylation sites (tertiary alicyclic amines) is 1. The van der Waals surface area contributed by atoms with Gasteiger partial charge in [0.2, 0.25) is 11.8 Å². The van der Waals surface area contributed by atoms with Gasteiger partial charge in [-0.3, -0.25) is 14.5 Å². The second kappa shape index (κ2) is 5.32. The Balaban J connectivity index is 1.49. The van der Waals surface area contributed by atoms with Crippen LogP contribution in [0.2, 0.25) is 0 Å². The van der Waals surface area contributed by atoms with E-state index >= 15 is 0 Å². The molecule has 6 atom stereocenters. The van der Waals surface area contributed by atoms with E-state index in [1.165, 1.54) is 16.0 Å². The van der Waals surface area contributed by atoms with Gasteiger partial charge in [0, 0.05) is 11.8 Å². The van der Waals surface area contributed by atoms with Crippen LogP contribution in [-0.4, -0.2) is 16.7 Å². The molecule has 0 N–H and O–H groups in total. The monoisotopic (exact) mass is 357 g/mol. The smallest absolute Gasteiger partial charge is 0.234 e. The fraction of sp³-hybridized carbons (Fsp3) is 0.304. The van der Waals surface area contributed by atoms with Crippen LogP contribution in [0.1, 0.15) is 28.7 Å². The average molecular weight is 357 g/mol. The van der Waals surface area contributed by atoms with Crippen molar-refractivity contribution in [2.75, 3.05) is 0 Å². The third-order valence-corrected chi connectivity index (χ3v) is 6.92. The molecule has 1 saturated carbocycles. The molecule has 4 heteroatoms. The molecule has 0 spiro atoms. The maximum atomic E-state index is 13.4. The van der Waals surface area contributed by atoms with Gasteiger partial charge in [0.05, 0.1) is 24.6 Å². The fourth-order valence-electron chi connectivity index (χ4n) is 6.00. The van der Waals surface area contributed by atoms with E-state index in [9.17, 15) is 9.59 Å². The Labute approximate surface area is 157 Å². The Hall–Kier alpha value is -2.88. The molecule has 1 aromatic carbocycles. The van der Waals surface area contributed by atoms with Crippen LogP contribution < -0.4 is 0 Å². The minimum Gasteiger partial charge on any atom is -0.467 e. The first-order valence-corrected chi connectivity index (χ1v) is 9.57. The molecular weight excluding hydrogens is 338 g/mol. The molecule has 1 aliphatic heterocycles. The zero-order chi connectivity index (χ0) is 18.1. The summed E-state index contributed by atoms with van der Waals surface area (Å²) in [5.74, 6) is 0.778. The topological polar surface area (TPSA) is 50.5 Å². The second-order valence-electron chi connectivity index (χ2n) is 8.00. The lowest BCUT2D eigenvalue weighted by molar-refractivity contribution is -0.141. The highest BCUT2D eigenvalue weighted by Gasteiger charge is 2.64. The molecular formula is C23H19NO3. The lowest BCUT2D eigenvalue weighted by Crippen LogP contribution is -2.49. The first-order chi connectivity index (χ1) is 13.3. The first-order valence-electron chi connectivity index (χ1n) is 9.57. The molecule has 1 saturated heterocycles. The van der Waals surface area contributed by atoms with Crippen LogP contribution in [-0.2, 0) is 16.1 Å². The van der Waals surface area contributed by atoms with Gasteiger partial charge in [-0.1, -0.05) is 48.6 Å². The summed E-state index contributed by atoms with van der Waals surface area (Å²) in [5, 5.41) is 0. The Bertz CT molecular complexity index is 939. The molecule has 2 fully saturated rings. The number of rotatable bonds is 2. The predicted octanol–water partition coefficient (Wildman–Crippen LogP) is 3.63. The molecule has 134 valence electrons. The number of imide groups is 1. The van der Waals surface area contributed by atoms with Crippen molar-refractivity contribution in [3.8, 4) is 0 Å². The van der Waals surface area contributed by atoms with Crippen molar-refractivity contribution in [3.63, 3.8) is 0 Å². The van der Waals surface area contributed by atoms with Crippen LogP contribution >= 0.6 is 0 Å². The summed E-state index contributed by atoms with van der Waals surface area (Å²) in [6.07, 6.45) is 10.2. The Kier molecular flexibility index (Phi) is 2.99. The van der Waals surface area contributed by atoms with E-state index in [0.29, 0.717) is 5.76 Å². The van der Waals surface area contributed by atoms with Crippen molar-refractivity contribution in [3.05, 3.63) is 83.9 Å². The molecule has 4 nitrogen and oxygen atoms in total. The van der Waals surface area contributed by atoms with Crippen LogP contribution in [0, 0.1) is 23.7 Å². The molecule has 2 aromatic rings. The number of hydrogen-bond acceptors (Lipinski definition) is 3. The molecule has 2 bridgehead atoms. The summed E-state index contributed by atoms with van der Waals surface area (Å²) < 4.78 is 5.40. The zero-order valence-electron chi connectivity index (χ0n) is 14.7. The van der Waals surface area contributed by atoms with E-state index in [-0.39, 0.29) is 53.9 Å². The van der Waals surface area contributed by atoms with Gasteiger partial charge in [-0.05, 0) is 35.1 Å². The van der Waals surface area contributed by atoms with E-state index in [1.54, 1.807) is 12.3 Å². The molecule has 2 amide bonds. The standard InChI is InChI=1S/C23H19NO3/c25-22-20-18-14-7-1-2-8-15(14)19(17-10-4-3-9-16(17)18)21(20)23(26)24(22)12-13-6-5-11-27-13/h1-11,14-15,18-21H,12H2/t14-,15+,18-,19-,20-,21-/m0/s1. The minimum atomic E-state index is -0.259. The maximum Gasteiger partial charge on any atom is 0.234 e. The van der Waals surface area contributed by atoms with Gasteiger partial charge in [0.15, 0.2) is 0 Å². The number of allylic oxidation sites excluding steroid dienone is 4. The molecule has 4 aliphatic carbocycles. The highest BCUT2D eigenvalue weighted by molar-refractivity contribution is 6.06. The zero-order valence-corrected chi connectivity index (χ0v) is 14.7. The van der Waals surface area contributed by atoms with Gasteiger partial charge in [0.25, 0.3) is 0 Å². The van der Waals surface area contributed by atoms with Crippen molar-refractivity contribution >= 4 is 11.8 Å². The number of nitrogens with zero attached hydrogens (tertiary/aromatic N) is 1. The van der Waals surface area contributed by atoms with Crippen molar-refractivity contribution in [2.45, 2.75) is 18.4 Å². The van der Waals surface area contributed by atoms with Crippen molar-refractivity contribution in [2.24, 2.45) is 23.7 Å². The van der Waals surface area contributed by atoms with Crippen LogP contribution in [0.3, 0.4) is 0 Å². The summed E-state index contributed by atoms with van der Waals surface area (Å²) in [5.41, 5.74) is 2.51. The summed E-state index contributed by atoms with van der Waals surface area (Å²) in [4.78, 5) is 28.2. The van der Waals surface area contributed by atoms with E-state index < -0.39 is 0 Å². The third-order valence-electron chi connectivity index (χ3n) is 6.92. The summed E-state index contributed by atoms with van der Waals surface area (Å²) in [6, 6.07) is 12.0. The number of amides is 2. The summed E-state index contributed by atoms with van der Waals surface area (Å²) >= 11 is 0. The molecule has 27 heavy (non-hydrogen) atoms. The first kappa shape index (κ1) is 15.2. The second-order valence-corrected chi connectivity index (χ2v) is 8.00. The fourth-order valence-corrected chi connectivity index (χ4v) is 6.00. The van der Waals surface area contributed by atoms with Crippen molar-refractivity contribution in [1.29, 1.82) is 0 Å². The van der Waals surface area contributed by atoms with Gasteiger partial charge in [-0.15, -0.1) is 0 Å². The lowest BCUT2D eigenvalue weighted by Gasteiger charge is -2.53. The summed E-state index contributed by atoms with van der Waals surface area (Å²) in [6.45, 7) is 0.231. The van der Waals surface area contributed by atoms with Gasteiger partial charge in [-0.25, -0.2) is 0 Å². The predicted molar refractivity (Wildman–Crippen MR) is 98.4 cm³/mol.